The fraction of sp³-hybridized carbons (Fsp3) is 0.0588. The van der Waals surface area contributed by atoms with E-state index in [1.165, 1.54) is 0 Å². The number of hydrogen-bond donors (Lipinski definition) is 0. The van der Waals surface area contributed by atoms with Crippen LogP contribution in [0.5, 0.6) is 0 Å². The van der Waals surface area contributed by atoms with Gasteiger partial charge in [0.05, 0.1) is 0 Å². The summed E-state index contributed by atoms with van der Waals surface area (Å²) in [5.41, 5.74) is 4.18. The van der Waals surface area contributed by atoms with Gasteiger partial charge in [-0.1, -0.05) is 121 Å². The molecule has 0 radical (unpaired) electrons. The number of benzene rings is 4. The predicted molar refractivity (Wildman–Crippen MR) is 158 cm³/mol. The van der Waals surface area contributed by atoms with E-state index in [0.717, 1.165) is 22.3 Å². The number of rotatable bonds is 7. The van der Waals surface area contributed by atoms with Gasteiger partial charge in [0, 0.05) is 24.2 Å². The number of carbonyl (C=O) groups is 2. The molecule has 2 aliphatic heterocycles. The third kappa shape index (κ3) is 5.15. The van der Waals surface area contributed by atoms with Crippen molar-refractivity contribution in [3.05, 3.63) is 155 Å². The molecule has 2 heterocycles. The van der Waals surface area contributed by atoms with Crippen LogP contribution in [0.15, 0.2) is 143 Å². The molecule has 194 valence electrons. The topological polar surface area (TPSA) is 65.3 Å². The van der Waals surface area contributed by atoms with Crippen molar-refractivity contribution < 1.29 is 9.59 Å². The summed E-state index contributed by atoms with van der Waals surface area (Å²) in [6, 6.07) is 38.6. The number of carbonyl (C=O) groups excluding carboxylic acids is 2. The van der Waals surface area contributed by atoms with Gasteiger partial charge in [-0.05, 0) is 23.3 Å². The molecule has 2 amide bonds. The van der Waals surface area contributed by atoms with Crippen molar-refractivity contribution in [1.29, 1.82) is 0 Å². The molecule has 4 aromatic rings. The smallest absolute Gasteiger partial charge is 0.278 e. The van der Waals surface area contributed by atoms with E-state index in [9.17, 15) is 9.59 Å². The van der Waals surface area contributed by atoms with Crippen LogP contribution in [0.2, 0.25) is 0 Å². The van der Waals surface area contributed by atoms with E-state index in [0.29, 0.717) is 23.1 Å². The summed E-state index contributed by atoms with van der Waals surface area (Å²) in [5, 5.41) is 0. The first kappa shape index (κ1) is 24.9. The highest BCUT2D eigenvalue weighted by molar-refractivity contribution is 6.21. The molecule has 0 spiro atoms. The van der Waals surface area contributed by atoms with E-state index in [4.69, 9.17) is 9.98 Å². The van der Waals surface area contributed by atoms with Crippen molar-refractivity contribution in [1.82, 2.24) is 9.80 Å². The van der Waals surface area contributed by atoms with E-state index >= 15 is 0 Å². The minimum atomic E-state index is -0.201. The molecule has 0 fully saturated rings. The number of nitrogens with zero attached hydrogens (tertiary/aromatic N) is 4. The van der Waals surface area contributed by atoms with Gasteiger partial charge in [0.25, 0.3) is 11.8 Å². The fourth-order valence-electron chi connectivity index (χ4n) is 4.75. The van der Waals surface area contributed by atoms with Crippen LogP contribution in [-0.4, -0.2) is 46.4 Å². The Hall–Kier alpha value is -5.36. The summed E-state index contributed by atoms with van der Waals surface area (Å²) < 4.78 is 0. The first-order valence-electron chi connectivity index (χ1n) is 13.1. The minimum Gasteiger partial charge on any atom is -0.289 e. The van der Waals surface area contributed by atoms with Crippen LogP contribution in [0.4, 0.5) is 0 Å². The van der Waals surface area contributed by atoms with Crippen molar-refractivity contribution in [3.8, 4) is 0 Å². The SMILES string of the molecule is O=C1C(=Cc2ccccc2)N=C(c2ccccc2)N1CCN1C(=O)C(=Cc2ccccc2)N=C1c1ccccc1. The summed E-state index contributed by atoms with van der Waals surface area (Å²) in [6.45, 7) is 0.518. The quantitative estimate of drug-likeness (QED) is 0.295. The van der Waals surface area contributed by atoms with Gasteiger partial charge < -0.3 is 0 Å². The summed E-state index contributed by atoms with van der Waals surface area (Å²) in [6.07, 6.45) is 3.59. The van der Waals surface area contributed by atoms with E-state index in [-0.39, 0.29) is 24.9 Å². The molecule has 0 aromatic heterocycles. The molecule has 0 unspecified atom stereocenters. The molecule has 0 saturated heterocycles. The van der Waals surface area contributed by atoms with Gasteiger partial charge >= 0.3 is 0 Å². The van der Waals surface area contributed by atoms with Crippen molar-refractivity contribution in [3.63, 3.8) is 0 Å². The second-order valence-electron chi connectivity index (χ2n) is 9.40. The highest BCUT2D eigenvalue weighted by Crippen LogP contribution is 2.25. The Morgan fingerprint density at radius 3 is 1.15 bits per heavy atom. The van der Waals surface area contributed by atoms with Crippen molar-refractivity contribution in [2.24, 2.45) is 9.98 Å². The largest absolute Gasteiger partial charge is 0.289 e. The van der Waals surface area contributed by atoms with Gasteiger partial charge in [-0.15, -0.1) is 0 Å². The molecule has 0 N–H and O–H groups in total. The van der Waals surface area contributed by atoms with Crippen LogP contribution in [0.25, 0.3) is 12.2 Å². The molecule has 0 aliphatic carbocycles. The zero-order valence-electron chi connectivity index (χ0n) is 21.7. The van der Waals surface area contributed by atoms with E-state index < -0.39 is 0 Å². The number of amidine groups is 2. The van der Waals surface area contributed by atoms with Crippen molar-refractivity contribution in [2.45, 2.75) is 0 Å². The maximum absolute atomic E-state index is 13.6. The maximum atomic E-state index is 13.6. The molecule has 0 saturated carbocycles. The van der Waals surface area contributed by atoms with Crippen molar-refractivity contribution >= 4 is 35.6 Å². The van der Waals surface area contributed by atoms with Crippen LogP contribution >= 0.6 is 0 Å². The summed E-state index contributed by atoms with van der Waals surface area (Å²) in [5.74, 6) is 0.732. The molecule has 6 heteroatoms. The average molecular weight is 523 g/mol. The summed E-state index contributed by atoms with van der Waals surface area (Å²) in [4.78, 5) is 40.0. The number of hydrogen-bond acceptors (Lipinski definition) is 4. The van der Waals surface area contributed by atoms with Crippen LogP contribution in [0.3, 0.4) is 0 Å². The molecule has 40 heavy (non-hydrogen) atoms. The van der Waals surface area contributed by atoms with Crippen LogP contribution in [0, 0.1) is 0 Å². The third-order valence-electron chi connectivity index (χ3n) is 6.71. The number of aliphatic imine (C=N–C) groups is 2. The predicted octanol–water partition coefficient (Wildman–Crippen LogP) is 5.65. The minimum absolute atomic E-state index is 0.201. The lowest BCUT2D eigenvalue weighted by Crippen LogP contribution is -2.42. The molecule has 2 aliphatic rings. The first-order chi connectivity index (χ1) is 19.7. The molecule has 6 nitrogen and oxygen atoms in total. The standard InChI is InChI=1S/C34H26N4O2/c39-33-29(23-25-13-5-1-6-14-25)35-31(27-17-9-3-10-18-27)37(33)21-22-38-32(28-19-11-4-12-20-28)36-30(34(38)40)24-26-15-7-2-8-16-26/h1-20,23-24H,21-22H2. The molecular weight excluding hydrogens is 496 g/mol. The summed E-state index contributed by atoms with van der Waals surface area (Å²) >= 11 is 0. The Labute approximate surface area is 232 Å². The average Bonchev–Trinajstić information content (AvgIpc) is 3.49. The monoisotopic (exact) mass is 522 g/mol. The highest BCUT2D eigenvalue weighted by atomic mass is 16.2. The van der Waals surface area contributed by atoms with Crippen LogP contribution < -0.4 is 0 Å². The Morgan fingerprint density at radius 2 is 0.800 bits per heavy atom. The Morgan fingerprint density at radius 1 is 0.475 bits per heavy atom. The second-order valence-corrected chi connectivity index (χ2v) is 9.40. The van der Waals surface area contributed by atoms with Gasteiger partial charge in [-0.25, -0.2) is 9.98 Å². The maximum Gasteiger partial charge on any atom is 0.278 e. The lowest BCUT2D eigenvalue weighted by Gasteiger charge is -2.23. The normalized spacial score (nSPS) is 17.1. The lowest BCUT2D eigenvalue weighted by molar-refractivity contribution is -0.125. The Kier molecular flexibility index (Phi) is 6.97. The molecule has 0 atom stereocenters. The third-order valence-corrected chi connectivity index (χ3v) is 6.71. The fourth-order valence-corrected chi connectivity index (χ4v) is 4.75. The Balaban J connectivity index is 1.31. The van der Waals surface area contributed by atoms with Gasteiger partial charge in [-0.2, -0.15) is 0 Å². The Bertz CT molecular complexity index is 1530. The molecule has 6 rings (SSSR count). The van der Waals surface area contributed by atoms with E-state index in [1.54, 1.807) is 22.0 Å². The zero-order valence-corrected chi connectivity index (χ0v) is 21.7. The molecular formula is C34H26N4O2. The zero-order chi connectivity index (χ0) is 27.3. The highest BCUT2D eigenvalue weighted by Gasteiger charge is 2.35. The number of amides is 2. The van der Waals surface area contributed by atoms with Gasteiger partial charge in [0.2, 0.25) is 0 Å². The van der Waals surface area contributed by atoms with Gasteiger partial charge in [-0.3, -0.25) is 19.4 Å². The van der Waals surface area contributed by atoms with Crippen LogP contribution in [0.1, 0.15) is 22.3 Å². The van der Waals surface area contributed by atoms with Gasteiger partial charge in [0.1, 0.15) is 23.1 Å². The van der Waals surface area contributed by atoms with Crippen molar-refractivity contribution in [2.75, 3.05) is 13.1 Å². The lowest BCUT2D eigenvalue weighted by atomic mass is 10.1. The first-order valence-corrected chi connectivity index (χ1v) is 13.1. The van der Waals surface area contributed by atoms with E-state index in [1.807, 2.05) is 121 Å². The second kappa shape index (κ2) is 11.2. The van der Waals surface area contributed by atoms with Gasteiger partial charge in [0.15, 0.2) is 0 Å². The van der Waals surface area contributed by atoms with Crippen LogP contribution in [-0.2, 0) is 9.59 Å². The molecule has 4 aromatic carbocycles. The van der Waals surface area contributed by atoms with E-state index in [2.05, 4.69) is 0 Å². The molecule has 0 bridgehead atoms. The summed E-state index contributed by atoms with van der Waals surface area (Å²) in [7, 11) is 0.